The summed E-state index contributed by atoms with van der Waals surface area (Å²) in [5.74, 6) is -1.14. The molecular formula is C37H64O9Si. The number of aliphatic hydroxyl groups is 2. The summed E-state index contributed by atoms with van der Waals surface area (Å²) in [6.07, 6.45) is 8.01. The van der Waals surface area contributed by atoms with Gasteiger partial charge in [0.1, 0.15) is 23.9 Å². The van der Waals surface area contributed by atoms with Crippen LogP contribution >= 0.6 is 0 Å². The number of esters is 2. The Morgan fingerprint density at radius 2 is 1.83 bits per heavy atom. The van der Waals surface area contributed by atoms with Crippen LogP contribution < -0.4 is 0 Å². The van der Waals surface area contributed by atoms with Crippen molar-refractivity contribution in [2.75, 3.05) is 7.11 Å². The number of rotatable bonds is 12. The normalized spacial score (nSPS) is 32.5. The molecule has 9 nitrogen and oxygen atoms in total. The fourth-order valence-electron chi connectivity index (χ4n) is 6.00. The molecule has 2 heterocycles. The van der Waals surface area contributed by atoms with Crippen molar-refractivity contribution < 1.29 is 43.2 Å². The second-order valence-electron chi connectivity index (χ2n) is 15.5. The van der Waals surface area contributed by atoms with Crippen molar-refractivity contribution in [1.82, 2.24) is 0 Å². The number of methoxy groups -OCH3 is 1. The average molecular weight is 681 g/mol. The first kappa shape index (κ1) is 41.3. The lowest BCUT2D eigenvalue weighted by Crippen LogP contribution is -2.46. The molecule has 270 valence electrons. The minimum Gasteiger partial charge on any atom is -0.457 e. The number of ether oxygens (including phenoxy) is 4. The van der Waals surface area contributed by atoms with Crippen LogP contribution in [0.15, 0.2) is 36.0 Å². The van der Waals surface area contributed by atoms with Gasteiger partial charge >= 0.3 is 11.9 Å². The van der Waals surface area contributed by atoms with Crippen LogP contribution in [0.2, 0.25) is 18.1 Å². The molecule has 0 aliphatic carbocycles. The monoisotopic (exact) mass is 680 g/mol. The Balaban J connectivity index is 2.31. The molecule has 1 saturated heterocycles. The molecule has 11 atom stereocenters. The number of hydrogen-bond acceptors (Lipinski definition) is 9. The number of aliphatic hydroxyl groups excluding tert-OH is 1. The molecule has 2 aliphatic heterocycles. The van der Waals surface area contributed by atoms with Crippen molar-refractivity contribution >= 4 is 20.3 Å². The summed E-state index contributed by atoms with van der Waals surface area (Å²) < 4.78 is 29.8. The van der Waals surface area contributed by atoms with Crippen molar-refractivity contribution in [3.05, 3.63) is 36.0 Å². The number of hydrogen-bond donors (Lipinski definition) is 2. The first-order valence-corrected chi connectivity index (χ1v) is 20.2. The Kier molecular flexibility index (Phi) is 15.1. The second-order valence-corrected chi connectivity index (χ2v) is 20.3. The molecule has 0 aromatic rings. The highest BCUT2D eigenvalue weighted by molar-refractivity contribution is 6.74. The van der Waals surface area contributed by atoms with Crippen LogP contribution in [0, 0.1) is 17.8 Å². The highest BCUT2D eigenvalue weighted by atomic mass is 28.4. The predicted octanol–water partition coefficient (Wildman–Crippen LogP) is 6.68. The first-order valence-electron chi connectivity index (χ1n) is 17.3. The topological polar surface area (TPSA) is 124 Å². The van der Waals surface area contributed by atoms with E-state index in [-0.39, 0.29) is 59.9 Å². The van der Waals surface area contributed by atoms with Gasteiger partial charge in [-0.05, 0) is 62.9 Å². The van der Waals surface area contributed by atoms with Crippen LogP contribution in [0.1, 0.15) is 94.9 Å². The van der Waals surface area contributed by atoms with Gasteiger partial charge in [-0.25, -0.2) is 0 Å². The maximum Gasteiger partial charge on any atom is 0.308 e. The fourth-order valence-corrected chi connectivity index (χ4v) is 7.39. The molecule has 0 aromatic carbocycles. The number of allylic oxidation sites excluding steroid dienone is 2. The summed E-state index contributed by atoms with van der Waals surface area (Å²) in [7, 11) is -0.555. The predicted molar refractivity (Wildman–Crippen MR) is 187 cm³/mol. The lowest BCUT2D eigenvalue weighted by atomic mass is 9.88. The third kappa shape index (κ3) is 11.9. The van der Waals surface area contributed by atoms with E-state index in [4.69, 9.17) is 23.4 Å². The van der Waals surface area contributed by atoms with Gasteiger partial charge in [-0.1, -0.05) is 72.8 Å². The smallest absolute Gasteiger partial charge is 0.308 e. The van der Waals surface area contributed by atoms with Gasteiger partial charge in [0.15, 0.2) is 8.32 Å². The van der Waals surface area contributed by atoms with Gasteiger partial charge < -0.3 is 33.6 Å². The summed E-state index contributed by atoms with van der Waals surface area (Å²) in [4.78, 5) is 25.5. The van der Waals surface area contributed by atoms with Crippen LogP contribution in [-0.2, 0) is 33.0 Å². The zero-order valence-corrected chi connectivity index (χ0v) is 32.2. The van der Waals surface area contributed by atoms with Crippen molar-refractivity contribution in [2.24, 2.45) is 17.8 Å². The van der Waals surface area contributed by atoms with Gasteiger partial charge in [0.05, 0.1) is 30.8 Å². The molecule has 2 N–H and O–H groups in total. The van der Waals surface area contributed by atoms with Crippen molar-refractivity contribution in [3.8, 4) is 0 Å². The number of epoxide rings is 1. The molecule has 2 aliphatic rings. The highest BCUT2D eigenvalue weighted by Crippen LogP contribution is 2.39. The van der Waals surface area contributed by atoms with Crippen LogP contribution in [0.3, 0.4) is 0 Å². The Morgan fingerprint density at radius 1 is 1.19 bits per heavy atom. The van der Waals surface area contributed by atoms with Crippen LogP contribution in [0.4, 0.5) is 0 Å². The molecule has 0 bridgehead atoms. The van der Waals surface area contributed by atoms with E-state index in [1.165, 1.54) is 6.92 Å². The third-order valence-electron chi connectivity index (χ3n) is 10.3. The van der Waals surface area contributed by atoms with E-state index in [1.807, 2.05) is 45.1 Å². The molecule has 0 amide bonds. The van der Waals surface area contributed by atoms with Crippen LogP contribution in [-0.4, -0.2) is 85.9 Å². The lowest BCUT2D eigenvalue weighted by molar-refractivity contribution is -0.157. The quantitative estimate of drug-likeness (QED) is 0.0764. The molecule has 0 spiro atoms. The number of carbonyl (C=O) groups excluding carboxylic acids is 2. The summed E-state index contributed by atoms with van der Waals surface area (Å²) in [6, 6.07) is 0. The van der Waals surface area contributed by atoms with E-state index >= 15 is 0 Å². The molecule has 10 heteroatoms. The first-order chi connectivity index (χ1) is 21.6. The lowest BCUT2D eigenvalue weighted by Gasteiger charge is -2.40. The van der Waals surface area contributed by atoms with E-state index in [2.05, 4.69) is 47.7 Å². The van der Waals surface area contributed by atoms with E-state index in [9.17, 15) is 19.8 Å². The van der Waals surface area contributed by atoms with Crippen LogP contribution in [0.25, 0.3) is 0 Å². The number of carbonyl (C=O) groups is 2. The van der Waals surface area contributed by atoms with E-state index < -0.39 is 44.3 Å². The van der Waals surface area contributed by atoms with Gasteiger partial charge in [-0.15, -0.1) is 0 Å². The minimum absolute atomic E-state index is 0.0349. The van der Waals surface area contributed by atoms with Crippen molar-refractivity contribution in [2.45, 2.75) is 161 Å². The fraction of sp³-hybridized carbons (Fsp3) is 0.784. The average Bonchev–Trinajstić information content (AvgIpc) is 3.76. The molecule has 0 aromatic heterocycles. The Morgan fingerprint density at radius 3 is 2.38 bits per heavy atom. The van der Waals surface area contributed by atoms with Crippen molar-refractivity contribution in [1.29, 1.82) is 0 Å². The van der Waals surface area contributed by atoms with E-state index in [0.29, 0.717) is 6.42 Å². The highest BCUT2D eigenvalue weighted by Gasteiger charge is 2.50. The zero-order valence-electron chi connectivity index (χ0n) is 31.2. The van der Waals surface area contributed by atoms with Gasteiger partial charge in [0.2, 0.25) is 0 Å². The van der Waals surface area contributed by atoms with E-state index in [0.717, 1.165) is 12.0 Å². The second kappa shape index (κ2) is 17.2. The standard InChI is InChI=1S/C37H64O9Si/c1-14-29(42-11)26(5)34-35(45-34)32(40)23(2)16-15-17-24(3)33-25(4)18-19-30(43-27(6)38)37(10,41)21-20-28(22-31(39)44-33)46-47(12,13)36(7,8)9/h15-19,23,25-26,28-30,32-35,40-41H,14,20-22H2,1-13H3/t23-,25+,26-,28-,29+,30+,32+,33?,34-,35-,37-/m1/s1. The minimum atomic E-state index is -2.26. The summed E-state index contributed by atoms with van der Waals surface area (Å²) >= 11 is 0. The zero-order chi connectivity index (χ0) is 35.9. The summed E-state index contributed by atoms with van der Waals surface area (Å²) in [5.41, 5.74) is -0.563. The third-order valence-corrected chi connectivity index (χ3v) is 14.9. The van der Waals surface area contributed by atoms with E-state index in [1.54, 1.807) is 20.1 Å². The van der Waals surface area contributed by atoms with Gasteiger partial charge in [-0.3, -0.25) is 9.59 Å². The maximum absolute atomic E-state index is 13.5. The molecule has 0 saturated carbocycles. The van der Waals surface area contributed by atoms with Crippen LogP contribution in [0.5, 0.6) is 0 Å². The molecule has 2 rings (SSSR count). The molecule has 1 fully saturated rings. The molecule has 0 radical (unpaired) electrons. The Hall–Kier alpha value is -1.82. The maximum atomic E-state index is 13.5. The Labute approximate surface area is 285 Å². The van der Waals surface area contributed by atoms with Crippen molar-refractivity contribution in [3.63, 3.8) is 0 Å². The summed E-state index contributed by atoms with van der Waals surface area (Å²) in [6.45, 7) is 23.6. The SMILES string of the molecule is CC[C@H](OC)[C@@H](C)[C@H]1O[C@@H]1[C@@H](O)[C@H](C)C=CC=C(C)C1OC(=O)C[C@H](O[Si](C)(C)C(C)(C)C)CC[C@@](C)(O)[C@@H](OC(C)=O)C=C[C@@H]1C. The van der Waals surface area contributed by atoms with Gasteiger partial charge in [0.25, 0.3) is 0 Å². The molecular weight excluding hydrogens is 616 g/mol. The largest absolute Gasteiger partial charge is 0.457 e. The van der Waals surface area contributed by atoms with Gasteiger partial charge in [0, 0.05) is 31.8 Å². The molecule has 1 unspecified atom stereocenters. The molecule has 47 heavy (non-hydrogen) atoms. The Bertz CT molecular complexity index is 1120. The number of cyclic esters (lactones) is 1. The van der Waals surface area contributed by atoms with Gasteiger partial charge in [-0.2, -0.15) is 0 Å². The summed E-state index contributed by atoms with van der Waals surface area (Å²) in [5, 5.41) is 22.4.